The van der Waals surface area contributed by atoms with Crippen molar-refractivity contribution < 1.29 is 9.13 Å². The molecule has 2 aromatic carbocycles. The Hall–Kier alpha value is -1.90. The maximum absolute atomic E-state index is 13.7. The van der Waals surface area contributed by atoms with E-state index in [-0.39, 0.29) is 12.4 Å². The molecule has 5 heteroatoms. The highest BCUT2D eigenvalue weighted by Gasteiger charge is 2.08. The molecule has 0 aliphatic carbocycles. The van der Waals surface area contributed by atoms with Crippen molar-refractivity contribution >= 4 is 15.9 Å². The molecule has 21 heavy (non-hydrogen) atoms. The quantitative estimate of drug-likeness (QED) is 0.898. The van der Waals surface area contributed by atoms with Crippen LogP contribution in [0.4, 0.5) is 4.39 Å². The normalized spacial score (nSPS) is 10.2. The molecule has 0 aromatic heterocycles. The van der Waals surface area contributed by atoms with Crippen molar-refractivity contribution in [3.8, 4) is 11.8 Å². The second-order valence-electron chi connectivity index (χ2n) is 4.50. The third-order valence-corrected chi connectivity index (χ3v) is 3.49. The summed E-state index contributed by atoms with van der Waals surface area (Å²) in [5.74, 6) is 0.289. The SMILES string of the molecule is N#Cc1ccc(F)c(COc2ccc(Br)cc2CCN)c1. The summed E-state index contributed by atoms with van der Waals surface area (Å²) < 4.78 is 20.3. The van der Waals surface area contributed by atoms with Crippen LogP contribution in [0.2, 0.25) is 0 Å². The van der Waals surface area contributed by atoms with E-state index in [1.54, 1.807) is 0 Å². The molecule has 0 saturated heterocycles. The van der Waals surface area contributed by atoms with Crippen LogP contribution in [0.3, 0.4) is 0 Å². The zero-order valence-electron chi connectivity index (χ0n) is 11.3. The van der Waals surface area contributed by atoms with Crippen LogP contribution in [-0.4, -0.2) is 6.54 Å². The highest BCUT2D eigenvalue weighted by molar-refractivity contribution is 9.10. The van der Waals surface area contributed by atoms with Crippen molar-refractivity contribution in [1.29, 1.82) is 5.26 Å². The largest absolute Gasteiger partial charge is 0.489 e. The summed E-state index contributed by atoms with van der Waals surface area (Å²) >= 11 is 3.40. The lowest BCUT2D eigenvalue weighted by Gasteiger charge is -2.12. The van der Waals surface area contributed by atoms with E-state index >= 15 is 0 Å². The molecule has 0 radical (unpaired) electrons. The molecule has 0 bridgehead atoms. The van der Waals surface area contributed by atoms with Gasteiger partial charge in [0, 0.05) is 10.0 Å². The van der Waals surface area contributed by atoms with Gasteiger partial charge in [-0.25, -0.2) is 4.39 Å². The molecule has 0 fully saturated rings. The fourth-order valence-electron chi connectivity index (χ4n) is 1.95. The van der Waals surface area contributed by atoms with Crippen molar-refractivity contribution in [2.75, 3.05) is 6.54 Å². The minimum Gasteiger partial charge on any atom is -0.489 e. The molecule has 0 amide bonds. The van der Waals surface area contributed by atoms with Gasteiger partial charge in [0.1, 0.15) is 18.2 Å². The highest BCUT2D eigenvalue weighted by Crippen LogP contribution is 2.25. The van der Waals surface area contributed by atoms with Crippen molar-refractivity contribution in [3.63, 3.8) is 0 Å². The number of halogens is 2. The first-order valence-electron chi connectivity index (χ1n) is 6.44. The lowest BCUT2D eigenvalue weighted by molar-refractivity contribution is 0.296. The Kier molecular flexibility index (Phi) is 5.32. The fourth-order valence-corrected chi connectivity index (χ4v) is 2.36. The molecule has 2 aromatic rings. The molecule has 2 N–H and O–H groups in total. The third-order valence-electron chi connectivity index (χ3n) is 2.99. The van der Waals surface area contributed by atoms with Crippen LogP contribution in [0, 0.1) is 17.1 Å². The van der Waals surface area contributed by atoms with E-state index in [0.29, 0.717) is 29.8 Å². The summed E-state index contributed by atoms with van der Waals surface area (Å²) in [4.78, 5) is 0. The lowest BCUT2D eigenvalue weighted by atomic mass is 10.1. The van der Waals surface area contributed by atoms with E-state index in [4.69, 9.17) is 15.7 Å². The summed E-state index contributed by atoms with van der Waals surface area (Å²) in [5.41, 5.74) is 7.31. The van der Waals surface area contributed by atoms with Crippen LogP contribution in [0.15, 0.2) is 40.9 Å². The van der Waals surface area contributed by atoms with Gasteiger partial charge in [-0.3, -0.25) is 0 Å². The molecule has 0 aliphatic heterocycles. The van der Waals surface area contributed by atoms with E-state index in [1.807, 2.05) is 24.3 Å². The summed E-state index contributed by atoms with van der Waals surface area (Å²) in [6, 6.07) is 11.8. The molecule has 0 heterocycles. The van der Waals surface area contributed by atoms with Crippen LogP contribution in [0.1, 0.15) is 16.7 Å². The number of nitrogens with zero attached hydrogens (tertiary/aromatic N) is 1. The van der Waals surface area contributed by atoms with E-state index in [9.17, 15) is 4.39 Å². The smallest absolute Gasteiger partial charge is 0.129 e. The molecule has 0 spiro atoms. The lowest BCUT2D eigenvalue weighted by Crippen LogP contribution is -2.06. The summed E-state index contributed by atoms with van der Waals surface area (Å²) in [6.45, 7) is 0.575. The molecule has 0 aliphatic rings. The zero-order valence-corrected chi connectivity index (χ0v) is 12.9. The van der Waals surface area contributed by atoms with Gasteiger partial charge in [0.25, 0.3) is 0 Å². The van der Waals surface area contributed by atoms with Gasteiger partial charge in [0.05, 0.1) is 11.6 Å². The average Bonchev–Trinajstić information content (AvgIpc) is 2.48. The van der Waals surface area contributed by atoms with Gasteiger partial charge in [-0.15, -0.1) is 0 Å². The third kappa shape index (κ3) is 4.03. The number of hydrogen-bond donors (Lipinski definition) is 1. The monoisotopic (exact) mass is 348 g/mol. The second kappa shape index (κ2) is 7.21. The predicted molar refractivity (Wildman–Crippen MR) is 82.3 cm³/mol. The minimum absolute atomic E-state index is 0.0700. The molecule has 108 valence electrons. The van der Waals surface area contributed by atoms with E-state index in [0.717, 1.165) is 10.0 Å². The highest BCUT2D eigenvalue weighted by atomic mass is 79.9. The van der Waals surface area contributed by atoms with Gasteiger partial charge >= 0.3 is 0 Å². The first-order chi connectivity index (χ1) is 10.1. The van der Waals surface area contributed by atoms with Crippen molar-refractivity contribution in [2.45, 2.75) is 13.0 Å². The molecule has 0 unspecified atom stereocenters. The van der Waals surface area contributed by atoms with Crippen LogP contribution in [0.5, 0.6) is 5.75 Å². The molecule has 3 nitrogen and oxygen atoms in total. The number of nitriles is 1. The predicted octanol–water partition coefficient (Wildman–Crippen LogP) is 3.54. The van der Waals surface area contributed by atoms with E-state index in [2.05, 4.69) is 15.9 Å². The number of rotatable bonds is 5. The van der Waals surface area contributed by atoms with Crippen LogP contribution in [0.25, 0.3) is 0 Å². The molecule has 0 saturated carbocycles. The Morgan fingerprint density at radius 2 is 2.00 bits per heavy atom. The fraction of sp³-hybridized carbons (Fsp3) is 0.188. The van der Waals surface area contributed by atoms with E-state index < -0.39 is 0 Å². The van der Waals surface area contributed by atoms with Gasteiger partial charge in [-0.2, -0.15) is 5.26 Å². The van der Waals surface area contributed by atoms with E-state index in [1.165, 1.54) is 18.2 Å². The van der Waals surface area contributed by atoms with Crippen molar-refractivity contribution in [3.05, 3.63) is 63.4 Å². The Bertz CT molecular complexity index is 682. The average molecular weight is 349 g/mol. The summed E-state index contributed by atoms with van der Waals surface area (Å²) in [6.07, 6.45) is 0.676. The van der Waals surface area contributed by atoms with Gasteiger partial charge < -0.3 is 10.5 Å². The standard InChI is InChI=1S/C16H14BrFN2O/c17-14-2-4-16(12(8-14)5-6-19)21-10-13-7-11(9-20)1-3-15(13)18/h1-4,7-8H,5-6,10,19H2. The minimum atomic E-state index is -0.383. The topological polar surface area (TPSA) is 59.0 Å². The Balaban J connectivity index is 2.18. The van der Waals surface area contributed by atoms with Gasteiger partial charge in [-0.05, 0) is 54.9 Å². The second-order valence-corrected chi connectivity index (χ2v) is 5.41. The first kappa shape index (κ1) is 15.5. The molecule has 2 rings (SSSR count). The number of benzene rings is 2. The maximum atomic E-state index is 13.7. The number of nitrogens with two attached hydrogens (primary N) is 1. The molecular formula is C16H14BrFN2O. The van der Waals surface area contributed by atoms with Gasteiger partial charge in [0.15, 0.2) is 0 Å². The van der Waals surface area contributed by atoms with Gasteiger partial charge in [-0.1, -0.05) is 15.9 Å². The van der Waals surface area contributed by atoms with Gasteiger partial charge in [0.2, 0.25) is 0 Å². The van der Waals surface area contributed by atoms with Crippen LogP contribution >= 0.6 is 15.9 Å². The van der Waals surface area contributed by atoms with Crippen molar-refractivity contribution in [1.82, 2.24) is 0 Å². The maximum Gasteiger partial charge on any atom is 0.129 e. The zero-order chi connectivity index (χ0) is 15.2. The summed E-state index contributed by atoms with van der Waals surface area (Å²) in [7, 11) is 0. The molecular weight excluding hydrogens is 335 g/mol. The van der Waals surface area contributed by atoms with Crippen LogP contribution in [-0.2, 0) is 13.0 Å². The van der Waals surface area contributed by atoms with Crippen LogP contribution < -0.4 is 10.5 Å². The molecule has 0 atom stereocenters. The Labute approximate surface area is 131 Å². The number of ether oxygens (including phenoxy) is 1. The van der Waals surface area contributed by atoms with Crippen molar-refractivity contribution in [2.24, 2.45) is 5.73 Å². The Morgan fingerprint density at radius 1 is 1.19 bits per heavy atom. The summed E-state index contributed by atoms with van der Waals surface area (Å²) in [5, 5.41) is 8.85. The number of hydrogen-bond acceptors (Lipinski definition) is 3. The Morgan fingerprint density at radius 3 is 2.71 bits per heavy atom. The first-order valence-corrected chi connectivity index (χ1v) is 7.23.